The summed E-state index contributed by atoms with van der Waals surface area (Å²) in [5.41, 5.74) is 5.44. The minimum Gasteiger partial charge on any atom is -0.325 e. The van der Waals surface area contributed by atoms with Crippen molar-refractivity contribution in [3.8, 4) is 11.3 Å². The Hall–Kier alpha value is -1.88. The predicted octanol–water partition coefficient (Wildman–Crippen LogP) is 1.88. The van der Waals surface area contributed by atoms with Gasteiger partial charge in [0.05, 0.1) is 5.69 Å². The number of halogens is 2. The fourth-order valence-corrected chi connectivity index (χ4v) is 1.39. The van der Waals surface area contributed by atoms with Crippen molar-refractivity contribution in [3.63, 3.8) is 0 Å². The third-order valence-electron chi connectivity index (χ3n) is 2.18. The van der Waals surface area contributed by atoms with Gasteiger partial charge in [0.15, 0.2) is 5.82 Å². The molecule has 0 saturated heterocycles. The molecule has 16 heavy (non-hydrogen) atoms. The molecule has 1 aromatic carbocycles. The Morgan fingerprint density at radius 1 is 1.12 bits per heavy atom. The van der Waals surface area contributed by atoms with Gasteiger partial charge < -0.3 is 5.73 Å². The van der Waals surface area contributed by atoms with E-state index in [1.54, 1.807) is 6.07 Å². The molecule has 0 bridgehead atoms. The zero-order valence-corrected chi connectivity index (χ0v) is 8.32. The smallest absolute Gasteiger partial charge is 0.172 e. The molecule has 0 radical (unpaired) electrons. The zero-order chi connectivity index (χ0) is 11.5. The minimum atomic E-state index is -0.671. The van der Waals surface area contributed by atoms with Crippen LogP contribution in [0.2, 0.25) is 0 Å². The second kappa shape index (κ2) is 4.32. The Morgan fingerprint density at radius 2 is 1.88 bits per heavy atom. The first-order chi connectivity index (χ1) is 7.74. The number of benzene rings is 1. The van der Waals surface area contributed by atoms with Crippen LogP contribution < -0.4 is 5.73 Å². The summed E-state index contributed by atoms with van der Waals surface area (Å²) in [7, 11) is 0. The lowest BCUT2D eigenvalue weighted by Gasteiger charge is -2.05. The number of aromatic nitrogens is 2. The Labute approximate surface area is 91.0 Å². The highest BCUT2D eigenvalue weighted by Gasteiger charge is 2.14. The third-order valence-corrected chi connectivity index (χ3v) is 2.18. The summed E-state index contributed by atoms with van der Waals surface area (Å²) < 4.78 is 27.2. The summed E-state index contributed by atoms with van der Waals surface area (Å²) in [6, 6.07) is 5.85. The normalized spacial score (nSPS) is 10.4. The minimum absolute atomic E-state index is 0.0458. The average Bonchev–Trinajstić information content (AvgIpc) is 2.31. The van der Waals surface area contributed by atoms with Gasteiger partial charge in [-0.1, -0.05) is 12.1 Å². The molecule has 3 nitrogen and oxygen atoms in total. The molecule has 2 rings (SSSR count). The van der Waals surface area contributed by atoms with Gasteiger partial charge >= 0.3 is 0 Å². The molecule has 5 heteroatoms. The van der Waals surface area contributed by atoms with Crippen LogP contribution in [0.15, 0.2) is 30.6 Å². The topological polar surface area (TPSA) is 51.8 Å². The standard InChI is InChI=1S/C11H9F2N3/c12-8-4-2-1-3-7(8)11-10(13)9(5-14)15-6-16-11/h1-4,6H,5,14H2. The molecule has 1 aromatic heterocycles. The maximum absolute atomic E-state index is 13.8. The van der Waals surface area contributed by atoms with Gasteiger partial charge in [-0.15, -0.1) is 0 Å². The molecule has 82 valence electrons. The Kier molecular flexibility index (Phi) is 2.87. The molecule has 2 N–H and O–H groups in total. The highest BCUT2D eigenvalue weighted by molar-refractivity contribution is 5.60. The molecule has 0 amide bonds. The van der Waals surface area contributed by atoms with Gasteiger partial charge in [-0.05, 0) is 12.1 Å². The molecule has 0 saturated carbocycles. The molecule has 0 fully saturated rings. The van der Waals surface area contributed by atoms with Crippen molar-refractivity contribution in [2.45, 2.75) is 6.54 Å². The first kappa shape index (κ1) is 10.6. The van der Waals surface area contributed by atoms with Gasteiger partial charge in [0, 0.05) is 12.1 Å². The molecule has 2 aromatic rings. The van der Waals surface area contributed by atoms with E-state index in [1.807, 2.05) is 0 Å². The largest absolute Gasteiger partial charge is 0.325 e. The number of hydrogen-bond donors (Lipinski definition) is 1. The quantitative estimate of drug-likeness (QED) is 0.842. The third kappa shape index (κ3) is 1.77. The van der Waals surface area contributed by atoms with Gasteiger partial charge in [0.2, 0.25) is 0 Å². The second-order valence-electron chi connectivity index (χ2n) is 3.17. The fraction of sp³-hybridized carbons (Fsp3) is 0.0909. The van der Waals surface area contributed by atoms with E-state index in [0.29, 0.717) is 0 Å². The van der Waals surface area contributed by atoms with Crippen molar-refractivity contribution in [1.29, 1.82) is 0 Å². The van der Waals surface area contributed by atoms with Gasteiger partial charge in [-0.25, -0.2) is 18.7 Å². The van der Waals surface area contributed by atoms with E-state index in [0.717, 1.165) is 0 Å². The number of nitrogens with zero attached hydrogens (tertiary/aromatic N) is 2. The lowest BCUT2D eigenvalue weighted by atomic mass is 10.1. The van der Waals surface area contributed by atoms with E-state index >= 15 is 0 Å². The van der Waals surface area contributed by atoms with Gasteiger partial charge in [-0.2, -0.15) is 0 Å². The highest BCUT2D eigenvalue weighted by atomic mass is 19.1. The summed E-state index contributed by atoms with van der Waals surface area (Å²) in [5.74, 6) is -1.20. The van der Waals surface area contributed by atoms with Crippen LogP contribution in [-0.2, 0) is 6.54 Å². The monoisotopic (exact) mass is 221 g/mol. The first-order valence-corrected chi connectivity index (χ1v) is 4.68. The van der Waals surface area contributed by atoms with E-state index in [-0.39, 0.29) is 23.5 Å². The predicted molar refractivity (Wildman–Crippen MR) is 55.3 cm³/mol. The molecule has 0 unspecified atom stereocenters. The van der Waals surface area contributed by atoms with Crippen molar-refractivity contribution in [3.05, 3.63) is 47.9 Å². The highest BCUT2D eigenvalue weighted by Crippen LogP contribution is 2.23. The van der Waals surface area contributed by atoms with Gasteiger partial charge in [0.25, 0.3) is 0 Å². The molecule has 0 atom stereocenters. The Morgan fingerprint density at radius 3 is 2.56 bits per heavy atom. The van der Waals surface area contributed by atoms with Crippen molar-refractivity contribution in [1.82, 2.24) is 9.97 Å². The molecule has 0 spiro atoms. The molecular formula is C11H9F2N3. The van der Waals surface area contributed by atoms with Crippen LogP contribution in [0.5, 0.6) is 0 Å². The van der Waals surface area contributed by atoms with Crippen LogP contribution in [0.3, 0.4) is 0 Å². The molecule has 0 aliphatic rings. The summed E-state index contributed by atoms with van der Waals surface area (Å²) in [5, 5.41) is 0. The van der Waals surface area contributed by atoms with Gasteiger partial charge in [-0.3, -0.25) is 0 Å². The van der Waals surface area contributed by atoms with Crippen LogP contribution in [0.1, 0.15) is 5.69 Å². The van der Waals surface area contributed by atoms with Crippen LogP contribution >= 0.6 is 0 Å². The van der Waals surface area contributed by atoms with Crippen molar-refractivity contribution >= 4 is 0 Å². The van der Waals surface area contributed by atoms with Crippen molar-refractivity contribution in [2.75, 3.05) is 0 Å². The summed E-state index contributed by atoms with van der Waals surface area (Å²) in [6.45, 7) is -0.0458. The summed E-state index contributed by atoms with van der Waals surface area (Å²) in [4.78, 5) is 7.42. The summed E-state index contributed by atoms with van der Waals surface area (Å²) >= 11 is 0. The Balaban J connectivity index is 2.61. The zero-order valence-electron chi connectivity index (χ0n) is 8.32. The van der Waals surface area contributed by atoms with E-state index in [2.05, 4.69) is 9.97 Å². The molecule has 0 aliphatic carbocycles. The SMILES string of the molecule is NCc1ncnc(-c2ccccc2F)c1F. The van der Waals surface area contributed by atoms with E-state index in [4.69, 9.17) is 5.73 Å². The van der Waals surface area contributed by atoms with Crippen LogP contribution in [-0.4, -0.2) is 9.97 Å². The average molecular weight is 221 g/mol. The van der Waals surface area contributed by atoms with Crippen LogP contribution in [0, 0.1) is 11.6 Å². The van der Waals surface area contributed by atoms with Crippen LogP contribution in [0.4, 0.5) is 8.78 Å². The first-order valence-electron chi connectivity index (χ1n) is 4.68. The maximum Gasteiger partial charge on any atom is 0.172 e. The number of nitrogens with two attached hydrogens (primary N) is 1. The maximum atomic E-state index is 13.8. The van der Waals surface area contributed by atoms with Crippen molar-refractivity contribution < 1.29 is 8.78 Å². The second-order valence-corrected chi connectivity index (χ2v) is 3.17. The van der Waals surface area contributed by atoms with Crippen LogP contribution in [0.25, 0.3) is 11.3 Å². The van der Waals surface area contributed by atoms with Gasteiger partial charge in [0.1, 0.15) is 17.8 Å². The van der Waals surface area contributed by atoms with Crippen molar-refractivity contribution in [2.24, 2.45) is 5.73 Å². The number of rotatable bonds is 2. The Bertz CT molecular complexity index is 514. The number of hydrogen-bond acceptors (Lipinski definition) is 3. The molecule has 1 heterocycles. The lowest BCUT2D eigenvalue weighted by molar-refractivity contribution is 0.589. The lowest BCUT2D eigenvalue weighted by Crippen LogP contribution is -2.06. The molecule has 0 aliphatic heterocycles. The fourth-order valence-electron chi connectivity index (χ4n) is 1.39. The van der Waals surface area contributed by atoms with E-state index < -0.39 is 11.6 Å². The van der Waals surface area contributed by atoms with E-state index in [9.17, 15) is 8.78 Å². The summed E-state index contributed by atoms with van der Waals surface area (Å²) in [6.07, 6.45) is 1.17. The molecular weight excluding hydrogens is 212 g/mol. The van der Waals surface area contributed by atoms with E-state index in [1.165, 1.54) is 24.5 Å².